The normalized spacial score (nSPS) is 10.6. The highest BCUT2D eigenvalue weighted by atomic mass is 79.9. The molecule has 4 nitrogen and oxygen atoms in total. The van der Waals surface area contributed by atoms with Gasteiger partial charge < -0.3 is 19.9 Å². The van der Waals surface area contributed by atoms with E-state index in [0.717, 1.165) is 15.6 Å². The smallest absolute Gasteiger partial charge is 0.167 e. The van der Waals surface area contributed by atoms with Crippen molar-refractivity contribution in [2.75, 3.05) is 20.3 Å². The lowest BCUT2D eigenvalue weighted by atomic mass is 10.1. The van der Waals surface area contributed by atoms with E-state index in [1.54, 1.807) is 7.11 Å². The first-order valence-electron chi connectivity index (χ1n) is 7.20. The van der Waals surface area contributed by atoms with E-state index in [0.29, 0.717) is 36.2 Å². The predicted molar refractivity (Wildman–Crippen MR) is 95.3 cm³/mol. The van der Waals surface area contributed by atoms with Crippen LogP contribution in [0.25, 0.3) is 0 Å². The summed E-state index contributed by atoms with van der Waals surface area (Å²) in [6, 6.07) is 11.3. The topological polar surface area (TPSA) is 50.7 Å². The van der Waals surface area contributed by atoms with Crippen molar-refractivity contribution in [3.05, 3.63) is 57.0 Å². The number of benzene rings is 2. The Morgan fingerprint density at radius 1 is 1.26 bits per heavy atom. The number of hydrogen-bond donors (Lipinski definition) is 2. The first kappa shape index (κ1) is 18.1. The minimum absolute atomic E-state index is 0.0836. The molecule has 2 aromatic carbocycles. The molecule has 0 fully saturated rings. The van der Waals surface area contributed by atoms with Crippen LogP contribution in [-0.2, 0) is 13.2 Å². The summed E-state index contributed by atoms with van der Waals surface area (Å²) in [6.45, 7) is 1.54. The summed E-state index contributed by atoms with van der Waals surface area (Å²) in [7, 11) is 1.61. The molecule has 0 saturated heterocycles. The molecule has 0 atom stereocenters. The maximum atomic E-state index is 8.92. The van der Waals surface area contributed by atoms with E-state index < -0.39 is 0 Å². The molecule has 0 aliphatic heterocycles. The van der Waals surface area contributed by atoms with Crippen molar-refractivity contribution in [3.8, 4) is 11.5 Å². The van der Waals surface area contributed by atoms with Crippen molar-refractivity contribution in [2.24, 2.45) is 0 Å². The Labute approximate surface area is 149 Å². The van der Waals surface area contributed by atoms with Crippen LogP contribution in [0.5, 0.6) is 11.5 Å². The zero-order valence-electron chi connectivity index (χ0n) is 12.8. The van der Waals surface area contributed by atoms with E-state index in [-0.39, 0.29) is 6.61 Å². The maximum Gasteiger partial charge on any atom is 0.167 e. The van der Waals surface area contributed by atoms with Crippen LogP contribution in [0.1, 0.15) is 11.1 Å². The Balaban J connectivity index is 2.21. The summed E-state index contributed by atoms with van der Waals surface area (Å²) in [5, 5.41) is 12.8. The molecule has 0 unspecified atom stereocenters. The third kappa shape index (κ3) is 5.11. The Hall–Kier alpha value is -1.27. The molecule has 0 amide bonds. The van der Waals surface area contributed by atoms with Gasteiger partial charge in [0.1, 0.15) is 6.61 Å². The average Bonchev–Trinajstić information content (AvgIpc) is 2.55. The second-order valence-electron chi connectivity index (χ2n) is 4.88. The van der Waals surface area contributed by atoms with Gasteiger partial charge in [-0.15, -0.1) is 0 Å². The van der Waals surface area contributed by atoms with Gasteiger partial charge >= 0.3 is 0 Å². The van der Waals surface area contributed by atoms with Crippen molar-refractivity contribution in [1.82, 2.24) is 5.32 Å². The Morgan fingerprint density at radius 2 is 2.09 bits per heavy atom. The number of methoxy groups -OCH3 is 1. The minimum Gasteiger partial charge on any atom is -0.493 e. The van der Waals surface area contributed by atoms with Crippen LogP contribution in [0.15, 0.2) is 40.9 Å². The van der Waals surface area contributed by atoms with E-state index in [1.165, 1.54) is 0 Å². The lowest BCUT2D eigenvalue weighted by Crippen LogP contribution is -2.18. The van der Waals surface area contributed by atoms with E-state index in [1.807, 2.05) is 36.4 Å². The largest absolute Gasteiger partial charge is 0.493 e. The molecule has 0 aromatic heterocycles. The van der Waals surface area contributed by atoms with E-state index in [4.69, 9.17) is 26.2 Å². The van der Waals surface area contributed by atoms with Gasteiger partial charge in [0.25, 0.3) is 0 Å². The van der Waals surface area contributed by atoms with Crippen molar-refractivity contribution in [2.45, 2.75) is 13.2 Å². The summed E-state index contributed by atoms with van der Waals surface area (Å²) >= 11 is 9.55. The third-order valence-electron chi connectivity index (χ3n) is 3.25. The number of rotatable bonds is 8. The van der Waals surface area contributed by atoms with Crippen molar-refractivity contribution >= 4 is 27.5 Å². The van der Waals surface area contributed by atoms with Crippen LogP contribution in [0.4, 0.5) is 0 Å². The van der Waals surface area contributed by atoms with Gasteiger partial charge in [0, 0.05) is 28.1 Å². The van der Waals surface area contributed by atoms with Crippen LogP contribution >= 0.6 is 27.5 Å². The fourth-order valence-electron chi connectivity index (χ4n) is 2.14. The van der Waals surface area contributed by atoms with E-state index >= 15 is 0 Å². The van der Waals surface area contributed by atoms with Crippen LogP contribution in [0, 0.1) is 0 Å². The van der Waals surface area contributed by atoms with Crippen molar-refractivity contribution < 1.29 is 14.6 Å². The molecule has 2 rings (SSSR count). The highest BCUT2D eigenvalue weighted by molar-refractivity contribution is 9.10. The predicted octanol–water partition coefficient (Wildman–Crippen LogP) is 3.77. The zero-order valence-corrected chi connectivity index (χ0v) is 15.2. The number of halogens is 2. The van der Waals surface area contributed by atoms with Gasteiger partial charge in [-0.1, -0.05) is 39.7 Å². The fourth-order valence-corrected chi connectivity index (χ4v) is 2.81. The molecule has 2 N–H and O–H groups in total. The Bertz CT molecular complexity index is 652. The summed E-state index contributed by atoms with van der Waals surface area (Å²) < 4.78 is 12.3. The Morgan fingerprint density at radius 3 is 2.78 bits per heavy atom. The van der Waals surface area contributed by atoms with Crippen molar-refractivity contribution in [1.29, 1.82) is 0 Å². The molecule has 0 aliphatic carbocycles. The van der Waals surface area contributed by atoms with Crippen molar-refractivity contribution in [3.63, 3.8) is 0 Å². The van der Waals surface area contributed by atoms with Gasteiger partial charge in [0.15, 0.2) is 11.5 Å². The molecule has 0 heterocycles. The lowest BCUT2D eigenvalue weighted by molar-refractivity contribution is 0.277. The number of ether oxygens (including phenoxy) is 2. The molecule has 6 heteroatoms. The molecule has 23 heavy (non-hydrogen) atoms. The molecule has 0 aliphatic rings. The second kappa shape index (κ2) is 9.13. The van der Waals surface area contributed by atoms with Gasteiger partial charge in [-0.25, -0.2) is 0 Å². The molecular formula is C17H19BrClNO3. The number of aliphatic hydroxyl groups is 1. The molecule has 0 saturated carbocycles. The van der Waals surface area contributed by atoms with Crippen LogP contribution < -0.4 is 14.8 Å². The molecule has 0 bridgehead atoms. The van der Waals surface area contributed by atoms with E-state index in [9.17, 15) is 0 Å². The van der Waals surface area contributed by atoms with Gasteiger partial charge in [-0.3, -0.25) is 0 Å². The Kier molecular flexibility index (Phi) is 7.17. The highest BCUT2D eigenvalue weighted by Gasteiger charge is 2.14. The van der Waals surface area contributed by atoms with Crippen LogP contribution in [0.2, 0.25) is 5.02 Å². The lowest BCUT2D eigenvalue weighted by Gasteiger charge is -2.17. The highest BCUT2D eigenvalue weighted by Crippen LogP contribution is 2.36. The van der Waals surface area contributed by atoms with Crippen LogP contribution in [0.3, 0.4) is 0 Å². The van der Waals surface area contributed by atoms with Gasteiger partial charge in [0.05, 0.1) is 13.7 Å². The molecular weight excluding hydrogens is 382 g/mol. The first-order valence-corrected chi connectivity index (χ1v) is 8.37. The maximum absolute atomic E-state index is 8.92. The van der Waals surface area contributed by atoms with Crippen LogP contribution in [-0.4, -0.2) is 25.4 Å². The van der Waals surface area contributed by atoms with Gasteiger partial charge in [0.2, 0.25) is 0 Å². The second-order valence-corrected chi connectivity index (χ2v) is 6.17. The average molecular weight is 401 g/mol. The summed E-state index contributed by atoms with van der Waals surface area (Å²) in [4.78, 5) is 0. The molecule has 124 valence electrons. The first-order chi connectivity index (χ1) is 11.2. The molecule has 2 aromatic rings. The molecule has 0 radical (unpaired) electrons. The number of aliphatic hydroxyl groups excluding tert-OH is 1. The summed E-state index contributed by atoms with van der Waals surface area (Å²) in [5.74, 6) is 1.34. The summed E-state index contributed by atoms with van der Waals surface area (Å²) in [6.07, 6.45) is 0. The zero-order chi connectivity index (χ0) is 16.7. The quantitative estimate of drug-likeness (QED) is 0.662. The summed E-state index contributed by atoms with van der Waals surface area (Å²) in [5.41, 5.74) is 1.92. The monoisotopic (exact) mass is 399 g/mol. The number of hydrogen-bond acceptors (Lipinski definition) is 4. The SMILES string of the molecule is COc1ccc(Br)c(CNCCO)c1OCc1cccc(Cl)c1. The molecule has 0 spiro atoms. The third-order valence-corrected chi connectivity index (χ3v) is 4.23. The van der Waals surface area contributed by atoms with E-state index in [2.05, 4.69) is 21.2 Å². The van der Waals surface area contributed by atoms with Gasteiger partial charge in [-0.05, 0) is 29.8 Å². The standard InChI is InChI=1S/C17H19BrClNO3/c1-22-16-6-5-15(18)14(10-20-7-8-21)17(16)23-11-12-3-2-4-13(19)9-12/h2-6,9,20-21H,7-8,10-11H2,1H3. The van der Waals surface area contributed by atoms with Gasteiger partial charge in [-0.2, -0.15) is 0 Å². The minimum atomic E-state index is 0.0836. The fraction of sp³-hybridized carbons (Fsp3) is 0.294. The number of nitrogens with one attached hydrogen (secondary N) is 1.